The minimum atomic E-state index is -0.627. The number of nitrogens with one attached hydrogen (secondary N) is 2. The van der Waals surface area contributed by atoms with E-state index in [-0.39, 0.29) is 30.1 Å². The van der Waals surface area contributed by atoms with Crippen molar-refractivity contribution in [1.29, 1.82) is 0 Å². The van der Waals surface area contributed by atoms with Gasteiger partial charge in [0.1, 0.15) is 17.1 Å². The van der Waals surface area contributed by atoms with Gasteiger partial charge in [-0.2, -0.15) is 10.2 Å². The van der Waals surface area contributed by atoms with E-state index >= 15 is 4.39 Å². The number of hydrogen-bond donors (Lipinski definition) is 2. The quantitative estimate of drug-likeness (QED) is 0.168. The predicted molar refractivity (Wildman–Crippen MR) is 205 cm³/mol. The van der Waals surface area contributed by atoms with Gasteiger partial charge in [-0.3, -0.25) is 24.4 Å². The maximum Gasteiger partial charge on any atom is 0.261 e. The Bertz CT molecular complexity index is 2250. The fourth-order valence-electron chi connectivity index (χ4n) is 8.69. The third-order valence-corrected chi connectivity index (χ3v) is 12.2. The zero-order valence-electron chi connectivity index (χ0n) is 31.0. The molecule has 2 saturated carbocycles. The summed E-state index contributed by atoms with van der Waals surface area (Å²) in [4.78, 5) is 46.4. The molecule has 0 bridgehead atoms. The second-order valence-electron chi connectivity index (χ2n) is 15.7. The standard InChI is InChI=1S/C41H46FN9O4/c1-48(28-13-17-49(18-14-28)30-9-10-31(34(42)20-30)32-11-12-38(52)46-40(32)53)27-5-7-29(8-6-27)51-23-26-19-36(37(21-35(26)47-51)55-24-25-3-4-25)45-41(54)33-22-44-50-16-2-15-43-39(33)50/h2,9-10,15-16,19-23,25,27-29,32H,3-8,11-14,17-18,24H2,1H3,(H,45,54)(H,46,52,53). The van der Waals surface area contributed by atoms with Gasteiger partial charge >= 0.3 is 0 Å². The van der Waals surface area contributed by atoms with Crippen molar-refractivity contribution in [2.75, 3.05) is 37.0 Å². The first-order valence-electron chi connectivity index (χ1n) is 19.6. The molecule has 0 radical (unpaired) electrons. The van der Waals surface area contributed by atoms with Crippen LogP contribution in [0.15, 0.2) is 61.2 Å². The average molecular weight is 748 g/mol. The number of carbonyl (C=O) groups excluding carboxylic acids is 3. The summed E-state index contributed by atoms with van der Waals surface area (Å²) in [5.74, 6) is -0.854. The molecule has 2 saturated heterocycles. The fourth-order valence-corrected chi connectivity index (χ4v) is 8.69. The smallest absolute Gasteiger partial charge is 0.261 e. The number of imide groups is 1. The normalized spacial score (nSPS) is 22.4. The van der Waals surface area contributed by atoms with Crippen molar-refractivity contribution in [1.82, 2.24) is 34.6 Å². The molecule has 4 aliphatic rings. The van der Waals surface area contributed by atoms with Crippen molar-refractivity contribution in [2.24, 2.45) is 5.92 Å². The summed E-state index contributed by atoms with van der Waals surface area (Å²) in [6, 6.07) is 12.1. The molecule has 4 fully saturated rings. The van der Waals surface area contributed by atoms with E-state index in [0.717, 1.165) is 81.0 Å². The van der Waals surface area contributed by atoms with E-state index in [1.807, 2.05) is 18.2 Å². The lowest BCUT2D eigenvalue weighted by molar-refractivity contribution is -0.134. The molecule has 2 aliphatic heterocycles. The second kappa shape index (κ2) is 14.7. The van der Waals surface area contributed by atoms with Gasteiger partial charge in [0, 0.05) is 72.9 Å². The topological polar surface area (TPSA) is 139 Å². The Morgan fingerprint density at radius 3 is 2.58 bits per heavy atom. The van der Waals surface area contributed by atoms with Gasteiger partial charge in [0.25, 0.3) is 5.91 Å². The molecular formula is C41H46FN9O4. The Hall–Kier alpha value is -5.37. The molecule has 5 heterocycles. The summed E-state index contributed by atoms with van der Waals surface area (Å²) in [5.41, 5.74) is 3.54. The maximum atomic E-state index is 15.2. The zero-order chi connectivity index (χ0) is 37.6. The summed E-state index contributed by atoms with van der Waals surface area (Å²) in [6.45, 7) is 2.29. The Kier molecular flexibility index (Phi) is 9.45. The van der Waals surface area contributed by atoms with Crippen LogP contribution < -0.4 is 20.3 Å². The summed E-state index contributed by atoms with van der Waals surface area (Å²) in [6.07, 6.45) is 16.1. The van der Waals surface area contributed by atoms with Crippen LogP contribution in [0.1, 0.15) is 92.1 Å². The molecular weight excluding hydrogens is 702 g/mol. The molecule has 13 nitrogen and oxygen atoms in total. The minimum absolute atomic E-state index is 0.228. The Morgan fingerprint density at radius 2 is 1.82 bits per heavy atom. The molecule has 1 unspecified atom stereocenters. The summed E-state index contributed by atoms with van der Waals surface area (Å²) in [7, 11) is 2.25. The highest BCUT2D eigenvalue weighted by molar-refractivity contribution is 6.09. The summed E-state index contributed by atoms with van der Waals surface area (Å²) < 4.78 is 25.2. The summed E-state index contributed by atoms with van der Waals surface area (Å²) in [5, 5.41) is 15.6. The molecule has 3 amide bonds. The van der Waals surface area contributed by atoms with Gasteiger partial charge in [0.05, 0.1) is 36.0 Å². The first-order chi connectivity index (χ1) is 26.8. The highest BCUT2D eigenvalue weighted by Crippen LogP contribution is 2.38. The van der Waals surface area contributed by atoms with E-state index in [9.17, 15) is 14.4 Å². The van der Waals surface area contributed by atoms with Crippen LogP contribution in [0.4, 0.5) is 15.8 Å². The van der Waals surface area contributed by atoms with Crippen molar-refractivity contribution in [3.05, 3.63) is 78.1 Å². The number of benzene rings is 2. The molecule has 55 heavy (non-hydrogen) atoms. The molecule has 0 spiro atoms. The van der Waals surface area contributed by atoms with E-state index < -0.39 is 11.8 Å². The van der Waals surface area contributed by atoms with Crippen molar-refractivity contribution >= 4 is 45.6 Å². The van der Waals surface area contributed by atoms with Crippen LogP contribution >= 0.6 is 0 Å². The van der Waals surface area contributed by atoms with Crippen LogP contribution in [0.5, 0.6) is 5.75 Å². The molecule has 1 atom stereocenters. The number of nitrogens with zero attached hydrogens (tertiary/aromatic N) is 7. The van der Waals surface area contributed by atoms with E-state index in [2.05, 4.69) is 48.4 Å². The van der Waals surface area contributed by atoms with Crippen LogP contribution in [0, 0.1) is 11.7 Å². The van der Waals surface area contributed by atoms with Crippen LogP contribution in [0.25, 0.3) is 16.6 Å². The fraction of sp³-hybridized carbons (Fsp3) is 0.463. The third kappa shape index (κ3) is 7.27. The minimum Gasteiger partial charge on any atom is -0.491 e. The molecule has 9 rings (SSSR count). The van der Waals surface area contributed by atoms with Crippen LogP contribution in [0.3, 0.4) is 0 Å². The molecule has 2 aromatic carbocycles. The van der Waals surface area contributed by atoms with Crippen LogP contribution in [-0.4, -0.2) is 85.8 Å². The Morgan fingerprint density at radius 1 is 1.02 bits per heavy atom. The van der Waals surface area contributed by atoms with E-state index in [4.69, 9.17) is 9.84 Å². The van der Waals surface area contributed by atoms with E-state index in [1.165, 1.54) is 6.20 Å². The van der Waals surface area contributed by atoms with Gasteiger partial charge < -0.3 is 19.9 Å². The van der Waals surface area contributed by atoms with Crippen molar-refractivity contribution in [2.45, 2.75) is 88.3 Å². The molecule has 5 aromatic rings. The number of fused-ring (bicyclic) bond motifs is 2. The van der Waals surface area contributed by atoms with Crippen molar-refractivity contribution in [3.8, 4) is 5.75 Å². The molecule has 2 aliphatic carbocycles. The van der Waals surface area contributed by atoms with Gasteiger partial charge in [-0.1, -0.05) is 6.07 Å². The van der Waals surface area contributed by atoms with E-state index in [0.29, 0.717) is 59.2 Å². The molecule has 14 heteroatoms. The highest BCUT2D eigenvalue weighted by atomic mass is 19.1. The van der Waals surface area contributed by atoms with Crippen LogP contribution in [0.2, 0.25) is 0 Å². The largest absolute Gasteiger partial charge is 0.491 e. The van der Waals surface area contributed by atoms with Gasteiger partial charge in [0.2, 0.25) is 11.8 Å². The third-order valence-electron chi connectivity index (χ3n) is 12.2. The number of carbonyl (C=O) groups is 3. The number of hydrogen-bond acceptors (Lipinski definition) is 9. The van der Waals surface area contributed by atoms with Crippen LogP contribution in [-0.2, 0) is 9.59 Å². The molecule has 286 valence electrons. The Balaban J connectivity index is 0.816. The van der Waals surface area contributed by atoms with Gasteiger partial charge in [-0.25, -0.2) is 13.9 Å². The highest BCUT2D eigenvalue weighted by Gasteiger charge is 2.33. The van der Waals surface area contributed by atoms with E-state index in [1.54, 1.807) is 35.1 Å². The number of amides is 3. The number of anilines is 2. The van der Waals surface area contributed by atoms with Gasteiger partial charge in [0.15, 0.2) is 5.65 Å². The number of aromatic nitrogens is 5. The number of rotatable bonds is 10. The zero-order valence-corrected chi connectivity index (χ0v) is 31.0. The lowest BCUT2D eigenvalue weighted by atomic mass is 9.88. The first kappa shape index (κ1) is 35.3. The lowest BCUT2D eigenvalue weighted by Crippen LogP contribution is -2.48. The maximum absolute atomic E-state index is 15.2. The first-order valence-corrected chi connectivity index (χ1v) is 19.6. The molecule has 2 N–H and O–H groups in total. The lowest BCUT2D eigenvalue weighted by Gasteiger charge is -2.43. The average Bonchev–Trinajstić information content (AvgIpc) is 3.78. The SMILES string of the molecule is CN(C1CCC(n2cc3cc(NC(=O)c4cnn5cccnc45)c(OCC4CC4)cc3n2)CC1)C1CCN(c2ccc(C3CCC(=O)NC3=O)c(F)c2)CC1. The number of halogens is 1. The monoisotopic (exact) mass is 747 g/mol. The van der Waals surface area contributed by atoms with Crippen molar-refractivity contribution in [3.63, 3.8) is 0 Å². The van der Waals surface area contributed by atoms with Gasteiger partial charge in [-0.15, -0.1) is 0 Å². The number of ether oxygens (including phenoxy) is 1. The number of piperidine rings is 2. The Labute approximate surface area is 318 Å². The summed E-state index contributed by atoms with van der Waals surface area (Å²) >= 11 is 0. The van der Waals surface area contributed by atoms with Crippen molar-refractivity contribution < 1.29 is 23.5 Å². The second-order valence-corrected chi connectivity index (χ2v) is 15.7. The van der Waals surface area contributed by atoms with Gasteiger partial charge in [-0.05, 0) is 95.0 Å². The molecule has 3 aromatic heterocycles. The predicted octanol–water partition coefficient (Wildman–Crippen LogP) is 5.86.